The van der Waals surface area contributed by atoms with Gasteiger partial charge in [0, 0.05) is 0 Å². The van der Waals surface area contributed by atoms with Crippen molar-refractivity contribution in [1.82, 2.24) is 0 Å². The zero-order valence-corrected chi connectivity index (χ0v) is 3.95. The summed E-state index contributed by atoms with van der Waals surface area (Å²) in [7, 11) is 0. The predicted octanol–water partition coefficient (Wildman–Crippen LogP) is 1.92. The third-order valence-corrected chi connectivity index (χ3v) is 0.491. The Morgan fingerprint density at radius 2 is 2.17 bits per heavy atom. The first kappa shape index (κ1) is 5.67. The second-order valence-electron chi connectivity index (χ2n) is 1.03. The number of alkyl halides is 1. The fourth-order valence-electron chi connectivity index (χ4n) is 0.230. The van der Waals surface area contributed by atoms with Crippen molar-refractivity contribution >= 4 is 0 Å². The Morgan fingerprint density at radius 3 is 2.33 bits per heavy atom. The molecule has 0 aromatic carbocycles. The van der Waals surface area contributed by atoms with E-state index in [4.69, 9.17) is 0 Å². The fourth-order valence-corrected chi connectivity index (χ4v) is 0.230. The normalized spacial score (nSPS) is 10.3. The third kappa shape index (κ3) is 3.67. The summed E-state index contributed by atoms with van der Waals surface area (Å²) < 4.78 is 11.1. The molecule has 0 aliphatic heterocycles. The van der Waals surface area contributed by atoms with E-state index < -0.39 is 0 Å². The molecule has 6 heavy (non-hydrogen) atoms. The highest BCUT2D eigenvalue weighted by Crippen LogP contribution is 1.77. The van der Waals surface area contributed by atoms with Gasteiger partial charge >= 0.3 is 0 Å². The molecule has 0 aromatic heterocycles. The van der Waals surface area contributed by atoms with E-state index in [2.05, 4.69) is 0 Å². The summed E-state index contributed by atoms with van der Waals surface area (Å²) in [5.41, 5.74) is 0. The summed E-state index contributed by atoms with van der Waals surface area (Å²) in [5.74, 6) is 0. The Labute approximate surface area is 37.7 Å². The van der Waals surface area contributed by atoms with E-state index in [1.807, 2.05) is 6.92 Å². The lowest BCUT2D eigenvalue weighted by Crippen LogP contribution is -1.58. The molecule has 0 aromatic rings. The molecular formula is C5H9F. The Morgan fingerprint density at radius 1 is 1.50 bits per heavy atom. The van der Waals surface area contributed by atoms with Crippen LogP contribution in [0.25, 0.3) is 0 Å². The van der Waals surface area contributed by atoms with Crippen LogP contribution in [-0.4, -0.2) is 6.67 Å². The van der Waals surface area contributed by atoms with E-state index >= 15 is 0 Å². The second-order valence-corrected chi connectivity index (χ2v) is 1.03. The number of hydrogen-bond acceptors (Lipinski definition) is 0. The molecule has 0 saturated carbocycles. The van der Waals surface area contributed by atoms with Gasteiger partial charge in [0.15, 0.2) is 0 Å². The molecule has 0 spiro atoms. The number of rotatable bonds is 2. The molecule has 0 bridgehead atoms. The zero-order valence-electron chi connectivity index (χ0n) is 3.95. The number of hydrogen-bond donors (Lipinski definition) is 0. The average Bonchev–Trinajstić information content (AvgIpc) is 1.61. The van der Waals surface area contributed by atoms with Crippen molar-refractivity contribution in [3.05, 3.63) is 12.2 Å². The topological polar surface area (TPSA) is 0 Å². The van der Waals surface area contributed by atoms with Crippen LogP contribution in [0, 0.1) is 0 Å². The van der Waals surface area contributed by atoms with Gasteiger partial charge in [0.05, 0.1) is 0 Å². The molecule has 0 N–H and O–H groups in total. The van der Waals surface area contributed by atoms with Crippen LogP contribution >= 0.6 is 0 Å². The molecule has 0 unspecified atom stereocenters. The molecule has 1 heteroatoms. The molecule has 0 saturated heterocycles. The summed E-state index contributed by atoms with van der Waals surface area (Å²) in [6, 6.07) is 0. The summed E-state index contributed by atoms with van der Waals surface area (Å²) >= 11 is 0. The second kappa shape index (κ2) is 4.67. The van der Waals surface area contributed by atoms with Gasteiger partial charge in [-0.2, -0.15) is 0 Å². The Kier molecular flexibility index (Phi) is 4.41. The molecule has 0 aliphatic carbocycles. The van der Waals surface area contributed by atoms with Gasteiger partial charge in [-0.25, -0.2) is 4.39 Å². The van der Waals surface area contributed by atoms with Crippen molar-refractivity contribution in [2.24, 2.45) is 0 Å². The van der Waals surface area contributed by atoms with Crippen molar-refractivity contribution in [1.29, 1.82) is 0 Å². The first-order valence-electron chi connectivity index (χ1n) is 2.12. The van der Waals surface area contributed by atoms with Crippen LogP contribution in [0.1, 0.15) is 13.3 Å². The van der Waals surface area contributed by atoms with Gasteiger partial charge in [-0.3, -0.25) is 0 Å². The van der Waals surface area contributed by atoms with Crippen molar-refractivity contribution in [3.63, 3.8) is 0 Å². The molecule has 0 atom stereocenters. The van der Waals surface area contributed by atoms with E-state index in [9.17, 15) is 4.39 Å². The summed E-state index contributed by atoms with van der Waals surface area (Å²) in [5, 5.41) is 0. The number of allylic oxidation sites excluding steroid dienone is 2. The van der Waals surface area contributed by atoms with Gasteiger partial charge in [0.2, 0.25) is 0 Å². The van der Waals surface area contributed by atoms with E-state index in [1.165, 1.54) is 6.08 Å². The van der Waals surface area contributed by atoms with Crippen LogP contribution in [0.4, 0.5) is 4.39 Å². The highest BCUT2D eigenvalue weighted by Gasteiger charge is 1.62. The van der Waals surface area contributed by atoms with Crippen LogP contribution < -0.4 is 0 Å². The largest absolute Gasteiger partial charge is 0.247 e. The van der Waals surface area contributed by atoms with Crippen LogP contribution in [0.3, 0.4) is 0 Å². The highest BCUT2D eigenvalue weighted by molar-refractivity contribution is 4.78. The maximum absolute atomic E-state index is 11.1. The Bertz CT molecular complexity index is 33.2. The lowest BCUT2D eigenvalue weighted by Gasteiger charge is -1.70. The van der Waals surface area contributed by atoms with E-state index in [-0.39, 0.29) is 6.67 Å². The number of halogens is 1. The van der Waals surface area contributed by atoms with E-state index in [1.54, 1.807) is 6.08 Å². The van der Waals surface area contributed by atoms with Gasteiger partial charge in [-0.15, -0.1) is 0 Å². The van der Waals surface area contributed by atoms with Gasteiger partial charge in [0.1, 0.15) is 6.67 Å². The molecule has 0 aliphatic rings. The van der Waals surface area contributed by atoms with Crippen LogP contribution in [-0.2, 0) is 0 Å². The van der Waals surface area contributed by atoms with Crippen molar-refractivity contribution in [3.8, 4) is 0 Å². The SMILES string of the molecule is CCC=CC[18F]. The fraction of sp³-hybridized carbons (Fsp3) is 0.600. The first-order chi connectivity index (χ1) is 2.91. The molecule has 36 valence electrons. The smallest absolute Gasteiger partial charge is 0.108 e. The molecule has 0 rings (SSSR count). The van der Waals surface area contributed by atoms with Gasteiger partial charge < -0.3 is 0 Å². The summed E-state index contributed by atoms with van der Waals surface area (Å²) in [6.45, 7) is 1.65. The molecular weight excluding hydrogens is 78.1 g/mol. The van der Waals surface area contributed by atoms with E-state index in [0.29, 0.717) is 0 Å². The van der Waals surface area contributed by atoms with Crippen molar-refractivity contribution < 1.29 is 4.39 Å². The first-order valence-corrected chi connectivity index (χ1v) is 2.12. The van der Waals surface area contributed by atoms with Crippen LogP contribution in [0.15, 0.2) is 12.2 Å². The minimum atomic E-state index is -0.326. The molecule has 0 radical (unpaired) electrons. The zero-order chi connectivity index (χ0) is 4.83. The van der Waals surface area contributed by atoms with Crippen LogP contribution in [0.5, 0.6) is 0 Å². The Balaban J connectivity index is 2.73. The van der Waals surface area contributed by atoms with Gasteiger partial charge in [-0.05, 0) is 6.42 Å². The average molecular weight is 87.1 g/mol. The minimum Gasteiger partial charge on any atom is -0.247 e. The van der Waals surface area contributed by atoms with Crippen LogP contribution in [0.2, 0.25) is 0 Å². The van der Waals surface area contributed by atoms with Gasteiger partial charge in [0.25, 0.3) is 0 Å². The maximum atomic E-state index is 11.1. The minimum absolute atomic E-state index is 0.326. The summed E-state index contributed by atoms with van der Waals surface area (Å²) in [4.78, 5) is 0. The molecule has 0 nitrogen and oxygen atoms in total. The third-order valence-electron chi connectivity index (χ3n) is 0.491. The maximum Gasteiger partial charge on any atom is 0.108 e. The molecule has 0 amide bonds. The lowest BCUT2D eigenvalue weighted by atomic mass is 10.4. The molecule has 0 fully saturated rings. The van der Waals surface area contributed by atoms with E-state index in [0.717, 1.165) is 6.42 Å². The highest BCUT2D eigenvalue weighted by atomic mass is 18.2. The summed E-state index contributed by atoms with van der Waals surface area (Å²) in [6.07, 6.45) is 4.25. The van der Waals surface area contributed by atoms with Gasteiger partial charge in [-0.1, -0.05) is 19.1 Å². The van der Waals surface area contributed by atoms with Crippen molar-refractivity contribution in [2.45, 2.75) is 13.3 Å². The monoisotopic (exact) mass is 87.1 g/mol. The Hall–Kier alpha value is -0.330. The quantitative estimate of drug-likeness (QED) is 0.451. The predicted molar refractivity (Wildman–Crippen MR) is 25.4 cm³/mol. The lowest BCUT2D eigenvalue weighted by molar-refractivity contribution is 0.561. The van der Waals surface area contributed by atoms with Crippen molar-refractivity contribution in [2.75, 3.05) is 6.67 Å². The standard InChI is InChI=1S/C5H9F/c1-2-3-4-5-6/h3-4H,2,5H2,1H3/i6-1. The molecule has 0 heterocycles.